The summed E-state index contributed by atoms with van der Waals surface area (Å²) in [6.45, 7) is 5.17. The highest BCUT2D eigenvalue weighted by Crippen LogP contribution is 2.38. The van der Waals surface area contributed by atoms with Crippen molar-refractivity contribution in [2.24, 2.45) is 0 Å². The van der Waals surface area contributed by atoms with Gasteiger partial charge in [-0.25, -0.2) is 8.78 Å². The van der Waals surface area contributed by atoms with Gasteiger partial charge in [-0.2, -0.15) is 0 Å². The molecule has 2 heterocycles. The highest BCUT2D eigenvalue weighted by atomic mass is 19.3. The quantitative estimate of drug-likeness (QED) is 0.917. The SMILES string of the molecule is FC(F)c1cc(CN2CCNCC2)c2c(c1)OCCO2. The molecule has 0 radical (unpaired) electrons. The van der Waals surface area contributed by atoms with E-state index < -0.39 is 6.43 Å². The molecule has 20 heavy (non-hydrogen) atoms. The molecule has 0 aromatic heterocycles. The zero-order chi connectivity index (χ0) is 13.9. The largest absolute Gasteiger partial charge is 0.486 e. The van der Waals surface area contributed by atoms with E-state index in [4.69, 9.17) is 9.47 Å². The van der Waals surface area contributed by atoms with E-state index in [0.717, 1.165) is 31.7 Å². The zero-order valence-electron chi connectivity index (χ0n) is 11.2. The molecule has 0 spiro atoms. The molecule has 1 fully saturated rings. The molecule has 0 unspecified atom stereocenters. The fraction of sp³-hybridized carbons (Fsp3) is 0.571. The van der Waals surface area contributed by atoms with E-state index >= 15 is 0 Å². The third-order valence-electron chi connectivity index (χ3n) is 3.60. The van der Waals surface area contributed by atoms with E-state index in [2.05, 4.69) is 10.2 Å². The highest BCUT2D eigenvalue weighted by Gasteiger charge is 2.22. The monoisotopic (exact) mass is 284 g/mol. The van der Waals surface area contributed by atoms with E-state index in [-0.39, 0.29) is 5.56 Å². The molecule has 0 saturated carbocycles. The second-order valence-electron chi connectivity index (χ2n) is 5.03. The molecular formula is C14H18F2N2O2. The number of fused-ring (bicyclic) bond motifs is 1. The lowest BCUT2D eigenvalue weighted by atomic mass is 10.1. The van der Waals surface area contributed by atoms with Gasteiger partial charge < -0.3 is 14.8 Å². The maximum atomic E-state index is 13.0. The number of nitrogens with one attached hydrogen (secondary N) is 1. The summed E-state index contributed by atoms with van der Waals surface area (Å²) in [6.07, 6.45) is -2.49. The van der Waals surface area contributed by atoms with Gasteiger partial charge in [-0.05, 0) is 12.1 Å². The normalized spacial score (nSPS) is 19.4. The molecule has 1 aromatic rings. The minimum atomic E-state index is -2.49. The van der Waals surface area contributed by atoms with Gasteiger partial charge in [0.05, 0.1) is 0 Å². The van der Waals surface area contributed by atoms with Gasteiger partial charge >= 0.3 is 0 Å². The molecule has 2 aliphatic rings. The zero-order valence-corrected chi connectivity index (χ0v) is 11.2. The number of piperazine rings is 1. The summed E-state index contributed by atoms with van der Waals surface area (Å²) in [5.74, 6) is 1.07. The number of benzene rings is 1. The van der Waals surface area contributed by atoms with E-state index in [1.54, 1.807) is 6.07 Å². The van der Waals surface area contributed by atoms with Crippen LogP contribution in [0, 0.1) is 0 Å². The van der Waals surface area contributed by atoms with Crippen molar-refractivity contribution >= 4 is 0 Å². The van der Waals surface area contributed by atoms with Crippen LogP contribution in [0.4, 0.5) is 8.78 Å². The Labute approximate surface area is 116 Å². The first-order valence-electron chi connectivity index (χ1n) is 6.87. The van der Waals surface area contributed by atoms with Crippen LogP contribution in [0.1, 0.15) is 17.6 Å². The van der Waals surface area contributed by atoms with Crippen LogP contribution in [0.2, 0.25) is 0 Å². The molecular weight excluding hydrogens is 266 g/mol. The summed E-state index contributed by atoms with van der Waals surface area (Å²) in [5.41, 5.74) is 0.791. The highest BCUT2D eigenvalue weighted by molar-refractivity contribution is 5.50. The van der Waals surface area contributed by atoms with Gasteiger partial charge in [0.1, 0.15) is 13.2 Å². The number of hydrogen-bond acceptors (Lipinski definition) is 4. The van der Waals surface area contributed by atoms with Crippen molar-refractivity contribution in [1.29, 1.82) is 0 Å². The molecule has 6 heteroatoms. The fourth-order valence-electron chi connectivity index (χ4n) is 2.60. The van der Waals surface area contributed by atoms with Gasteiger partial charge in [0.25, 0.3) is 6.43 Å². The van der Waals surface area contributed by atoms with Gasteiger partial charge in [-0.1, -0.05) is 0 Å². The van der Waals surface area contributed by atoms with Crippen LogP contribution < -0.4 is 14.8 Å². The van der Waals surface area contributed by atoms with Crippen LogP contribution in [0.5, 0.6) is 11.5 Å². The van der Waals surface area contributed by atoms with Gasteiger partial charge in [-0.3, -0.25) is 4.90 Å². The molecule has 1 aromatic carbocycles. The number of hydrogen-bond donors (Lipinski definition) is 1. The standard InChI is InChI=1S/C14H18F2N2O2/c15-14(16)10-7-11(9-18-3-1-17-2-4-18)13-12(8-10)19-5-6-20-13/h7-8,14,17H,1-6,9H2. The molecule has 4 nitrogen and oxygen atoms in total. The van der Waals surface area contributed by atoms with Crippen molar-refractivity contribution < 1.29 is 18.3 Å². The van der Waals surface area contributed by atoms with Crippen molar-refractivity contribution in [3.63, 3.8) is 0 Å². The summed E-state index contributed by atoms with van der Waals surface area (Å²) >= 11 is 0. The summed E-state index contributed by atoms with van der Waals surface area (Å²) < 4.78 is 37.0. The second kappa shape index (κ2) is 5.93. The van der Waals surface area contributed by atoms with E-state index in [1.165, 1.54) is 6.07 Å². The van der Waals surface area contributed by atoms with Crippen LogP contribution in [-0.2, 0) is 6.54 Å². The molecule has 0 atom stereocenters. The summed E-state index contributed by atoms with van der Waals surface area (Å²) in [4.78, 5) is 2.24. The van der Waals surface area contributed by atoms with Crippen LogP contribution in [0.3, 0.4) is 0 Å². The van der Waals surface area contributed by atoms with Crippen molar-refractivity contribution in [2.45, 2.75) is 13.0 Å². The van der Waals surface area contributed by atoms with E-state index in [0.29, 0.717) is 31.3 Å². The Bertz CT molecular complexity index is 476. The summed E-state index contributed by atoms with van der Waals surface area (Å²) in [5, 5.41) is 3.27. The first kappa shape index (κ1) is 13.6. The Balaban J connectivity index is 1.88. The smallest absolute Gasteiger partial charge is 0.263 e. The molecule has 0 bridgehead atoms. The van der Waals surface area contributed by atoms with Crippen molar-refractivity contribution in [3.05, 3.63) is 23.3 Å². The minimum Gasteiger partial charge on any atom is -0.486 e. The molecule has 1 saturated heterocycles. The maximum absolute atomic E-state index is 13.0. The number of rotatable bonds is 3. The Morgan fingerprint density at radius 1 is 1.15 bits per heavy atom. The topological polar surface area (TPSA) is 33.7 Å². The van der Waals surface area contributed by atoms with E-state index in [1.807, 2.05) is 0 Å². The Morgan fingerprint density at radius 3 is 2.65 bits per heavy atom. The number of halogens is 2. The Kier molecular flexibility index (Phi) is 4.03. The van der Waals surface area contributed by atoms with E-state index in [9.17, 15) is 8.78 Å². The summed E-state index contributed by atoms with van der Waals surface area (Å²) in [7, 11) is 0. The molecule has 1 N–H and O–H groups in total. The van der Waals surface area contributed by atoms with Crippen molar-refractivity contribution in [3.8, 4) is 11.5 Å². The van der Waals surface area contributed by atoms with Crippen LogP contribution in [-0.4, -0.2) is 44.3 Å². The lowest BCUT2D eigenvalue weighted by molar-refractivity contribution is 0.145. The fourth-order valence-corrected chi connectivity index (χ4v) is 2.60. The van der Waals surface area contributed by atoms with Crippen LogP contribution >= 0.6 is 0 Å². The minimum absolute atomic E-state index is 0.000570. The lowest BCUT2D eigenvalue weighted by Gasteiger charge is -2.29. The average Bonchev–Trinajstić information content (AvgIpc) is 2.48. The molecule has 3 rings (SSSR count). The van der Waals surface area contributed by atoms with Crippen molar-refractivity contribution in [1.82, 2.24) is 10.2 Å². The summed E-state index contributed by atoms with van der Waals surface area (Å²) in [6, 6.07) is 2.93. The predicted octanol–water partition coefficient (Wildman–Crippen LogP) is 1.80. The lowest BCUT2D eigenvalue weighted by Crippen LogP contribution is -2.43. The van der Waals surface area contributed by atoms with Gasteiger partial charge in [0.2, 0.25) is 0 Å². The Hall–Kier alpha value is -1.40. The second-order valence-corrected chi connectivity index (χ2v) is 5.03. The van der Waals surface area contributed by atoms with Crippen molar-refractivity contribution in [2.75, 3.05) is 39.4 Å². The third-order valence-corrected chi connectivity index (χ3v) is 3.60. The van der Waals surface area contributed by atoms with Crippen LogP contribution in [0.15, 0.2) is 12.1 Å². The van der Waals surface area contributed by atoms with Gasteiger partial charge in [0, 0.05) is 43.9 Å². The van der Waals surface area contributed by atoms with Crippen LogP contribution in [0.25, 0.3) is 0 Å². The number of ether oxygens (including phenoxy) is 2. The first-order chi connectivity index (χ1) is 9.74. The molecule has 0 amide bonds. The molecule has 0 aliphatic carbocycles. The number of alkyl halides is 2. The molecule has 2 aliphatic heterocycles. The first-order valence-corrected chi connectivity index (χ1v) is 6.87. The maximum Gasteiger partial charge on any atom is 0.263 e. The average molecular weight is 284 g/mol. The predicted molar refractivity (Wildman–Crippen MR) is 70.5 cm³/mol. The van der Waals surface area contributed by atoms with Gasteiger partial charge in [-0.15, -0.1) is 0 Å². The Morgan fingerprint density at radius 2 is 1.90 bits per heavy atom. The third kappa shape index (κ3) is 2.86. The van der Waals surface area contributed by atoms with Gasteiger partial charge in [0.15, 0.2) is 11.5 Å². The molecule has 110 valence electrons. The number of nitrogens with zero attached hydrogens (tertiary/aromatic N) is 1.